The van der Waals surface area contributed by atoms with Crippen molar-refractivity contribution in [3.8, 4) is 0 Å². The number of esters is 1. The molecule has 94 valence electrons. The molecule has 0 saturated heterocycles. The molecule has 0 unspecified atom stereocenters. The molecule has 1 rings (SSSR count). The monoisotopic (exact) mass is 308 g/mol. The van der Waals surface area contributed by atoms with Gasteiger partial charge in [0.05, 0.1) is 24.9 Å². The van der Waals surface area contributed by atoms with Crippen LogP contribution in [-0.2, 0) is 21.3 Å². The Morgan fingerprint density at radius 1 is 1.65 bits per heavy atom. The van der Waals surface area contributed by atoms with Gasteiger partial charge in [-0.2, -0.15) is 0 Å². The van der Waals surface area contributed by atoms with Gasteiger partial charge in [0.1, 0.15) is 5.69 Å². The summed E-state index contributed by atoms with van der Waals surface area (Å²) >= 11 is 3.14. The summed E-state index contributed by atoms with van der Waals surface area (Å²) in [6.45, 7) is 0. The lowest BCUT2D eigenvalue weighted by Crippen LogP contribution is -2.10. The molecule has 0 bridgehead atoms. The summed E-state index contributed by atoms with van der Waals surface area (Å²) in [5.41, 5.74) is 5.69. The van der Waals surface area contributed by atoms with E-state index in [0.717, 1.165) is 0 Å². The third kappa shape index (κ3) is 3.36. The van der Waals surface area contributed by atoms with Gasteiger partial charge in [-0.25, -0.2) is 13.8 Å². The number of carbonyl (C=O) groups is 1. The normalized spacial score (nSPS) is 10.6. The average Bonchev–Trinajstić information content (AvgIpc) is 2.30. The highest BCUT2D eigenvalue weighted by atomic mass is 79.9. The summed E-state index contributed by atoms with van der Waals surface area (Å²) in [4.78, 5) is 14.7. The highest BCUT2D eigenvalue weighted by Crippen LogP contribution is 2.28. The van der Waals surface area contributed by atoms with Crippen molar-refractivity contribution in [1.29, 1.82) is 0 Å². The molecule has 1 aromatic rings. The molecule has 0 atom stereocenters. The lowest BCUT2D eigenvalue weighted by Gasteiger charge is -2.10. The number of hydrogen-bond acceptors (Lipinski definition) is 4. The zero-order valence-electron chi connectivity index (χ0n) is 9.04. The minimum atomic E-state index is -2.77. The summed E-state index contributed by atoms with van der Waals surface area (Å²) in [6.07, 6.45) is -2.93. The second kappa shape index (κ2) is 5.90. The van der Waals surface area contributed by atoms with Crippen LogP contribution in [0.3, 0.4) is 0 Å². The first-order chi connectivity index (χ1) is 7.99. The van der Waals surface area contributed by atoms with E-state index in [1.165, 1.54) is 13.2 Å². The Bertz CT molecular complexity index is 427. The number of hydrogen-bond donors (Lipinski definition) is 1. The van der Waals surface area contributed by atoms with Crippen LogP contribution in [0.5, 0.6) is 0 Å². The fourth-order valence-electron chi connectivity index (χ4n) is 1.28. The van der Waals surface area contributed by atoms with Crippen LogP contribution in [-0.4, -0.2) is 18.1 Å². The molecule has 17 heavy (non-hydrogen) atoms. The van der Waals surface area contributed by atoms with Crippen molar-refractivity contribution in [3.05, 3.63) is 23.0 Å². The molecule has 2 N–H and O–H groups in total. The van der Waals surface area contributed by atoms with Crippen molar-refractivity contribution in [1.82, 2.24) is 4.98 Å². The van der Waals surface area contributed by atoms with Crippen LogP contribution in [0, 0.1) is 0 Å². The molecule has 0 radical (unpaired) electrons. The van der Waals surface area contributed by atoms with Gasteiger partial charge in [-0.15, -0.1) is 0 Å². The first-order valence-electron chi connectivity index (χ1n) is 4.68. The van der Waals surface area contributed by atoms with Crippen molar-refractivity contribution in [2.75, 3.05) is 12.8 Å². The molecule has 0 aliphatic rings. The topological polar surface area (TPSA) is 65.2 Å². The molecule has 0 spiro atoms. The van der Waals surface area contributed by atoms with Gasteiger partial charge >= 0.3 is 5.97 Å². The maximum Gasteiger partial charge on any atom is 0.311 e. The van der Waals surface area contributed by atoms with E-state index >= 15 is 0 Å². The van der Waals surface area contributed by atoms with E-state index in [-0.39, 0.29) is 17.8 Å². The standard InChI is InChI=1S/C10H11BrF2N2O2/c1-17-7(16)3-6-2-5(4-11)8(14)9(15-6)10(12)13/h2,10H,3-4,14H2,1H3. The van der Waals surface area contributed by atoms with Crippen molar-refractivity contribution in [2.45, 2.75) is 18.2 Å². The summed E-state index contributed by atoms with van der Waals surface area (Å²) in [5.74, 6) is -0.539. The predicted molar refractivity (Wildman–Crippen MR) is 62.0 cm³/mol. The van der Waals surface area contributed by atoms with E-state index in [0.29, 0.717) is 10.9 Å². The number of pyridine rings is 1. The number of aromatic nitrogens is 1. The van der Waals surface area contributed by atoms with E-state index in [2.05, 4.69) is 25.7 Å². The van der Waals surface area contributed by atoms with Crippen LogP contribution in [0.25, 0.3) is 0 Å². The smallest absolute Gasteiger partial charge is 0.311 e. The van der Waals surface area contributed by atoms with Gasteiger partial charge in [0, 0.05) is 5.33 Å². The molecular formula is C10H11BrF2N2O2. The van der Waals surface area contributed by atoms with Crippen LogP contribution < -0.4 is 5.73 Å². The number of nitrogens with two attached hydrogens (primary N) is 1. The largest absolute Gasteiger partial charge is 0.469 e. The van der Waals surface area contributed by atoms with Gasteiger partial charge in [-0.3, -0.25) is 4.79 Å². The third-order valence-electron chi connectivity index (χ3n) is 2.13. The summed E-state index contributed by atoms with van der Waals surface area (Å²) in [5, 5.41) is 0.315. The number of nitrogens with zero attached hydrogens (tertiary/aromatic N) is 1. The van der Waals surface area contributed by atoms with Crippen LogP contribution >= 0.6 is 15.9 Å². The first-order valence-corrected chi connectivity index (χ1v) is 5.80. The van der Waals surface area contributed by atoms with Gasteiger partial charge in [0.15, 0.2) is 0 Å². The lowest BCUT2D eigenvalue weighted by atomic mass is 10.1. The second-order valence-corrected chi connectivity index (χ2v) is 3.82. The highest BCUT2D eigenvalue weighted by molar-refractivity contribution is 9.08. The Kier molecular flexibility index (Phi) is 4.80. The zero-order valence-corrected chi connectivity index (χ0v) is 10.6. The molecule has 0 fully saturated rings. The quantitative estimate of drug-likeness (QED) is 0.684. The Labute approximate surface area is 105 Å². The van der Waals surface area contributed by atoms with Crippen LogP contribution in [0.15, 0.2) is 6.07 Å². The average molecular weight is 309 g/mol. The van der Waals surface area contributed by atoms with Crippen molar-refractivity contribution < 1.29 is 18.3 Å². The molecule has 0 aromatic carbocycles. The van der Waals surface area contributed by atoms with Crippen LogP contribution in [0.4, 0.5) is 14.5 Å². The minimum Gasteiger partial charge on any atom is -0.469 e. The number of ether oxygens (including phenoxy) is 1. The van der Waals surface area contributed by atoms with E-state index in [1.54, 1.807) is 0 Å². The maximum absolute atomic E-state index is 12.7. The highest BCUT2D eigenvalue weighted by Gasteiger charge is 2.18. The van der Waals surface area contributed by atoms with Gasteiger partial charge in [0.2, 0.25) is 0 Å². The van der Waals surface area contributed by atoms with Gasteiger partial charge in [0.25, 0.3) is 6.43 Å². The SMILES string of the molecule is COC(=O)Cc1cc(CBr)c(N)c(C(F)F)n1. The predicted octanol–water partition coefficient (Wildman–Crippen LogP) is 2.21. The third-order valence-corrected chi connectivity index (χ3v) is 2.73. The molecule has 1 heterocycles. The summed E-state index contributed by atoms with van der Waals surface area (Å²) in [7, 11) is 1.22. The molecular weight excluding hydrogens is 298 g/mol. The van der Waals surface area contributed by atoms with Crippen LogP contribution in [0.2, 0.25) is 0 Å². The lowest BCUT2D eigenvalue weighted by molar-refractivity contribution is -0.139. The molecule has 0 amide bonds. The van der Waals surface area contributed by atoms with Crippen LogP contribution in [0.1, 0.15) is 23.4 Å². The molecule has 0 aliphatic heterocycles. The Morgan fingerprint density at radius 2 is 2.29 bits per heavy atom. The zero-order chi connectivity index (χ0) is 13.0. The molecule has 0 saturated carbocycles. The number of halogens is 3. The van der Waals surface area contributed by atoms with E-state index < -0.39 is 18.1 Å². The summed E-state index contributed by atoms with van der Waals surface area (Å²) in [6, 6.07) is 1.51. The number of anilines is 1. The van der Waals surface area contributed by atoms with Gasteiger partial charge < -0.3 is 10.5 Å². The summed E-state index contributed by atoms with van der Waals surface area (Å²) < 4.78 is 29.8. The molecule has 4 nitrogen and oxygen atoms in total. The maximum atomic E-state index is 12.7. The number of alkyl halides is 3. The van der Waals surface area contributed by atoms with Crippen molar-refractivity contribution >= 4 is 27.6 Å². The van der Waals surface area contributed by atoms with E-state index in [1.807, 2.05) is 0 Å². The van der Waals surface area contributed by atoms with Crippen molar-refractivity contribution in [3.63, 3.8) is 0 Å². The van der Waals surface area contributed by atoms with E-state index in [4.69, 9.17) is 5.73 Å². The number of rotatable bonds is 4. The Morgan fingerprint density at radius 3 is 2.76 bits per heavy atom. The van der Waals surface area contributed by atoms with Crippen molar-refractivity contribution in [2.24, 2.45) is 0 Å². The van der Waals surface area contributed by atoms with Gasteiger partial charge in [-0.1, -0.05) is 15.9 Å². The number of methoxy groups -OCH3 is 1. The Balaban J connectivity index is 3.15. The molecule has 7 heteroatoms. The first kappa shape index (κ1) is 13.8. The fourth-order valence-corrected chi connectivity index (χ4v) is 1.74. The van der Waals surface area contributed by atoms with E-state index in [9.17, 15) is 13.6 Å². The number of nitrogen functional groups attached to an aromatic ring is 1. The fraction of sp³-hybridized carbons (Fsp3) is 0.400. The molecule has 0 aliphatic carbocycles. The Hall–Kier alpha value is -1.24. The molecule has 1 aromatic heterocycles. The minimum absolute atomic E-state index is 0.0505. The number of carbonyl (C=O) groups excluding carboxylic acids is 1. The second-order valence-electron chi connectivity index (χ2n) is 3.26. The van der Waals surface area contributed by atoms with Gasteiger partial charge in [-0.05, 0) is 11.6 Å².